The average molecular weight is 290 g/mol. The first-order valence-corrected chi connectivity index (χ1v) is 7.04. The van der Waals surface area contributed by atoms with Crippen LogP contribution in [-0.2, 0) is 0 Å². The van der Waals surface area contributed by atoms with E-state index in [-0.39, 0.29) is 0 Å². The molecule has 0 unspecified atom stereocenters. The summed E-state index contributed by atoms with van der Waals surface area (Å²) < 4.78 is 11.4. The maximum atomic E-state index is 5.84. The zero-order valence-corrected chi connectivity index (χ0v) is 11.8. The van der Waals surface area contributed by atoms with Crippen molar-refractivity contribution in [1.29, 1.82) is 0 Å². The number of hydrogen-bond donors (Lipinski definition) is 1. The third-order valence-electron chi connectivity index (χ3n) is 3.22. The first-order valence-electron chi connectivity index (χ1n) is 6.66. The highest BCUT2D eigenvalue weighted by molar-refractivity contribution is 6.30. The van der Waals surface area contributed by atoms with E-state index < -0.39 is 0 Å². The molecule has 1 saturated heterocycles. The van der Waals surface area contributed by atoms with Crippen molar-refractivity contribution in [2.45, 2.75) is 0 Å². The van der Waals surface area contributed by atoms with Gasteiger partial charge in [0.05, 0.1) is 6.61 Å². The monoisotopic (exact) mass is 289 g/mol. The van der Waals surface area contributed by atoms with Gasteiger partial charge in [0.2, 0.25) is 0 Å². The molecule has 0 atom stereocenters. The number of nitrogens with one attached hydrogen (secondary N) is 1. The van der Waals surface area contributed by atoms with Crippen LogP contribution in [0.15, 0.2) is 48.5 Å². The average Bonchev–Trinajstić information content (AvgIpc) is 2.42. The molecule has 104 valence electrons. The van der Waals surface area contributed by atoms with Gasteiger partial charge in [0.1, 0.15) is 17.2 Å². The molecular weight excluding hydrogens is 274 g/mol. The number of benzene rings is 2. The second-order valence-electron chi connectivity index (χ2n) is 4.86. The topological polar surface area (TPSA) is 30.5 Å². The van der Waals surface area contributed by atoms with Gasteiger partial charge in [0.25, 0.3) is 0 Å². The molecule has 20 heavy (non-hydrogen) atoms. The normalized spacial score (nSPS) is 14.7. The molecule has 0 aliphatic carbocycles. The Morgan fingerprint density at radius 2 is 1.45 bits per heavy atom. The SMILES string of the molecule is Clc1ccc(Oc2ccc(OCC3CNC3)cc2)cc1. The van der Waals surface area contributed by atoms with Crippen molar-refractivity contribution in [2.75, 3.05) is 19.7 Å². The summed E-state index contributed by atoms with van der Waals surface area (Å²) >= 11 is 5.84. The van der Waals surface area contributed by atoms with Crippen LogP contribution in [0.5, 0.6) is 17.2 Å². The quantitative estimate of drug-likeness (QED) is 0.910. The highest BCUT2D eigenvalue weighted by Gasteiger charge is 2.16. The molecule has 1 fully saturated rings. The van der Waals surface area contributed by atoms with E-state index in [1.54, 1.807) is 12.1 Å². The smallest absolute Gasteiger partial charge is 0.127 e. The molecule has 0 radical (unpaired) electrons. The minimum atomic E-state index is 0.639. The molecule has 1 aliphatic heterocycles. The van der Waals surface area contributed by atoms with E-state index in [0.717, 1.165) is 36.9 Å². The van der Waals surface area contributed by atoms with Gasteiger partial charge in [-0.2, -0.15) is 0 Å². The summed E-state index contributed by atoms with van der Waals surface area (Å²) in [4.78, 5) is 0. The Morgan fingerprint density at radius 1 is 0.900 bits per heavy atom. The lowest BCUT2D eigenvalue weighted by Crippen LogP contribution is -2.45. The second kappa shape index (κ2) is 6.16. The van der Waals surface area contributed by atoms with Crippen molar-refractivity contribution in [3.8, 4) is 17.2 Å². The van der Waals surface area contributed by atoms with Crippen LogP contribution in [0.1, 0.15) is 0 Å². The van der Waals surface area contributed by atoms with Crippen LogP contribution in [0, 0.1) is 5.92 Å². The first kappa shape index (κ1) is 13.3. The van der Waals surface area contributed by atoms with Gasteiger partial charge in [0.15, 0.2) is 0 Å². The summed E-state index contributed by atoms with van der Waals surface area (Å²) in [6, 6.07) is 15.0. The predicted octanol–water partition coefficient (Wildman–Crippen LogP) is 3.73. The Balaban J connectivity index is 1.56. The van der Waals surface area contributed by atoms with E-state index >= 15 is 0 Å². The summed E-state index contributed by atoms with van der Waals surface area (Å²) in [7, 11) is 0. The first-order chi connectivity index (χ1) is 9.79. The van der Waals surface area contributed by atoms with Crippen molar-refractivity contribution < 1.29 is 9.47 Å². The van der Waals surface area contributed by atoms with Gasteiger partial charge in [-0.05, 0) is 48.5 Å². The van der Waals surface area contributed by atoms with Crippen molar-refractivity contribution in [2.24, 2.45) is 5.92 Å². The summed E-state index contributed by atoms with van der Waals surface area (Å²) in [6.07, 6.45) is 0. The minimum absolute atomic E-state index is 0.639. The van der Waals surface area contributed by atoms with Crippen LogP contribution < -0.4 is 14.8 Å². The molecule has 0 bridgehead atoms. The third-order valence-corrected chi connectivity index (χ3v) is 3.48. The largest absolute Gasteiger partial charge is 0.493 e. The molecule has 0 spiro atoms. The van der Waals surface area contributed by atoms with Gasteiger partial charge in [-0.3, -0.25) is 0 Å². The second-order valence-corrected chi connectivity index (χ2v) is 5.30. The minimum Gasteiger partial charge on any atom is -0.493 e. The number of ether oxygens (including phenoxy) is 2. The fourth-order valence-corrected chi connectivity index (χ4v) is 2.05. The fourth-order valence-electron chi connectivity index (χ4n) is 1.92. The van der Waals surface area contributed by atoms with Gasteiger partial charge < -0.3 is 14.8 Å². The Morgan fingerprint density at radius 3 is 2.00 bits per heavy atom. The third kappa shape index (κ3) is 3.44. The molecule has 2 aromatic carbocycles. The van der Waals surface area contributed by atoms with Crippen LogP contribution in [0.4, 0.5) is 0 Å². The van der Waals surface area contributed by atoms with Gasteiger partial charge in [0, 0.05) is 24.0 Å². The van der Waals surface area contributed by atoms with E-state index in [0.29, 0.717) is 10.9 Å². The lowest BCUT2D eigenvalue weighted by Gasteiger charge is -2.26. The molecule has 1 aliphatic rings. The lowest BCUT2D eigenvalue weighted by atomic mass is 10.1. The standard InChI is InChI=1S/C16H16ClNO2/c17-13-1-3-15(4-2-13)20-16-7-5-14(6-8-16)19-11-12-9-18-10-12/h1-8,12,18H,9-11H2. The summed E-state index contributed by atoms with van der Waals surface area (Å²) in [5.41, 5.74) is 0. The fraction of sp³-hybridized carbons (Fsp3) is 0.250. The van der Waals surface area contributed by atoms with Crippen molar-refractivity contribution in [1.82, 2.24) is 5.32 Å². The van der Waals surface area contributed by atoms with Crippen molar-refractivity contribution in [3.63, 3.8) is 0 Å². The van der Waals surface area contributed by atoms with Gasteiger partial charge in [-0.15, -0.1) is 0 Å². The predicted molar refractivity (Wildman–Crippen MR) is 79.8 cm³/mol. The van der Waals surface area contributed by atoms with Crippen LogP contribution in [0.25, 0.3) is 0 Å². The molecule has 2 aromatic rings. The van der Waals surface area contributed by atoms with E-state index in [9.17, 15) is 0 Å². The molecule has 0 saturated carbocycles. The molecule has 1 N–H and O–H groups in total. The van der Waals surface area contributed by atoms with Crippen LogP contribution in [-0.4, -0.2) is 19.7 Å². The summed E-state index contributed by atoms with van der Waals surface area (Å²) in [5.74, 6) is 3.06. The zero-order chi connectivity index (χ0) is 13.8. The van der Waals surface area contributed by atoms with E-state index in [4.69, 9.17) is 21.1 Å². The highest BCUT2D eigenvalue weighted by Crippen LogP contribution is 2.25. The molecule has 0 aromatic heterocycles. The summed E-state index contributed by atoms with van der Waals surface area (Å²) in [5, 5.41) is 3.93. The maximum Gasteiger partial charge on any atom is 0.127 e. The van der Waals surface area contributed by atoms with Crippen LogP contribution in [0.3, 0.4) is 0 Å². The molecule has 1 heterocycles. The Hall–Kier alpha value is -1.71. The van der Waals surface area contributed by atoms with E-state index in [2.05, 4.69) is 5.32 Å². The number of hydrogen-bond acceptors (Lipinski definition) is 3. The van der Waals surface area contributed by atoms with Crippen molar-refractivity contribution >= 4 is 11.6 Å². The van der Waals surface area contributed by atoms with Gasteiger partial charge in [-0.1, -0.05) is 11.6 Å². The van der Waals surface area contributed by atoms with Gasteiger partial charge >= 0.3 is 0 Å². The summed E-state index contributed by atoms with van der Waals surface area (Å²) in [6.45, 7) is 2.87. The molecule has 4 heteroatoms. The number of rotatable bonds is 5. The van der Waals surface area contributed by atoms with Crippen LogP contribution >= 0.6 is 11.6 Å². The molecular formula is C16H16ClNO2. The Labute approximate surface area is 123 Å². The Bertz CT molecular complexity index is 550. The highest BCUT2D eigenvalue weighted by atomic mass is 35.5. The Kier molecular flexibility index (Phi) is 4.09. The maximum absolute atomic E-state index is 5.84. The zero-order valence-electron chi connectivity index (χ0n) is 11.0. The van der Waals surface area contributed by atoms with E-state index in [1.165, 1.54) is 0 Å². The van der Waals surface area contributed by atoms with Gasteiger partial charge in [-0.25, -0.2) is 0 Å². The molecule has 3 rings (SSSR count). The van der Waals surface area contributed by atoms with Crippen molar-refractivity contribution in [3.05, 3.63) is 53.6 Å². The number of halogens is 1. The van der Waals surface area contributed by atoms with Crippen LogP contribution in [0.2, 0.25) is 5.02 Å². The lowest BCUT2D eigenvalue weighted by molar-refractivity contribution is 0.199. The molecule has 3 nitrogen and oxygen atoms in total. The molecule has 0 amide bonds. The van der Waals surface area contributed by atoms with E-state index in [1.807, 2.05) is 36.4 Å².